The van der Waals surface area contributed by atoms with E-state index in [0.717, 1.165) is 18.4 Å². The average molecular weight is 229 g/mol. The fraction of sp³-hybridized carbons (Fsp3) is 0.636. The minimum absolute atomic E-state index is 0.0644. The van der Waals surface area contributed by atoms with Crippen molar-refractivity contribution in [1.82, 2.24) is 5.32 Å². The predicted molar refractivity (Wildman–Crippen MR) is 60.0 cm³/mol. The molecule has 92 valence electrons. The molecule has 0 aliphatic carbocycles. The van der Waals surface area contributed by atoms with Crippen LogP contribution in [-0.4, -0.2) is 23.8 Å². The number of unbranched alkanes of at least 4 members (excludes halogenated alkanes) is 1. The molecule has 0 aliphatic heterocycles. The fourth-order valence-corrected chi connectivity index (χ4v) is 0.909. The van der Waals surface area contributed by atoms with Crippen LogP contribution in [0.3, 0.4) is 0 Å². The van der Waals surface area contributed by atoms with Gasteiger partial charge in [-0.05, 0) is 19.8 Å². The molecule has 0 radical (unpaired) electrons. The first-order valence-electron chi connectivity index (χ1n) is 5.37. The van der Waals surface area contributed by atoms with Gasteiger partial charge in [-0.3, -0.25) is 10.1 Å². The topological polar surface area (TPSA) is 75.6 Å². The minimum Gasteiger partial charge on any atom is -0.481 e. The van der Waals surface area contributed by atoms with Gasteiger partial charge in [-0.1, -0.05) is 18.9 Å². The van der Waals surface area contributed by atoms with Gasteiger partial charge in [-0.25, -0.2) is 4.79 Å². The minimum atomic E-state index is -0.849. The SMILES string of the molecule is CCCCOC(=O)NC=C(C)CCC(=O)O. The van der Waals surface area contributed by atoms with Gasteiger partial charge in [-0.2, -0.15) is 0 Å². The van der Waals surface area contributed by atoms with Crippen LogP contribution >= 0.6 is 0 Å². The normalized spacial score (nSPS) is 11.0. The average Bonchev–Trinajstić information content (AvgIpc) is 2.24. The van der Waals surface area contributed by atoms with Crippen molar-refractivity contribution < 1.29 is 19.4 Å². The van der Waals surface area contributed by atoms with Crippen LogP contribution in [0.25, 0.3) is 0 Å². The van der Waals surface area contributed by atoms with E-state index in [2.05, 4.69) is 5.32 Å². The van der Waals surface area contributed by atoms with Crippen molar-refractivity contribution >= 4 is 12.1 Å². The Morgan fingerprint density at radius 1 is 1.38 bits per heavy atom. The third-order valence-electron chi connectivity index (χ3n) is 1.90. The summed E-state index contributed by atoms with van der Waals surface area (Å²) in [4.78, 5) is 21.3. The second-order valence-corrected chi connectivity index (χ2v) is 3.52. The van der Waals surface area contributed by atoms with Gasteiger partial charge >= 0.3 is 12.1 Å². The molecule has 0 fully saturated rings. The Balaban J connectivity index is 3.70. The molecule has 0 aromatic rings. The van der Waals surface area contributed by atoms with E-state index in [1.54, 1.807) is 6.92 Å². The number of rotatable bonds is 7. The lowest BCUT2D eigenvalue weighted by molar-refractivity contribution is -0.136. The highest BCUT2D eigenvalue weighted by molar-refractivity contribution is 5.69. The van der Waals surface area contributed by atoms with Crippen LogP contribution in [0.4, 0.5) is 4.79 Å². The molecule has 0 unspecified atom stereocenters. The second kappa shape index (κ2) is 8.76. The Bertz CT molecular complexity index is 261. The first-order chi connectivity index (χ1) is 7.56. The zero-order chi connectivity index (χ0) is 12.4. The molecule has 0 saturated heterocycles. The molecule has 5 nitrogen and oxygen atoms in total. The molecular weight excluding hydrogens is 210 g/mol. The summed E-state index contributed by atoms with van der Waals surface area (Å²) in [5.41, 5.74) is 0.801. The number of ether oxygens (including phenoxy) is 1. The van der Waals surface area contributed by atoms with Gasteiger partial charge in [0, 0.05) is 12.6 Å². The molecule has 5 heteroatoms. The molecule has 0 bridgehead atoms. The van der Waals surface area contributed by atoms with Gasteiger partial charge < -0.3 is 9.84 Å². The van der Waals surface area contributed by atoms with E-state index in [4.69, 9.17) is 9.84 Å². The third kappa shape index (κ3) is 9.05. The van der Waals surface area contributed by atoms with Crippen molar-refractivity contribution in [2.45, 2.75) is 39.5 Å². The Morgan fingerprint density at radius 2 is 2.06 bits per heavy atom. The number of carbonyl (C=O) groups excluding carboxylic acids is 1. The molecule has 0 aromatic carbocycles. The van der Waals surface area contributed by atoms with E-state index >= 15 is 0 Å². The zero-order valence-corrected chi connectivity index (χ0v) is 9.78. The molecule has 0 spiro atoms. The largest absolute Gasteiger partial charge is 0.481 e. The molecule has 1 amide bonds. The van der Waals surface area contributed by atoms with E-state index < -0.39 is 12.1 Å². The number of nitrogens with one attached hydrogen (secondary N) is 1. The number of aliphatic carboxylic acids is 1. The summed E-state index contributed by atoms with van der Waals surface area (Å²) in [6.45, 7) is 4.18. The van der Waals surface area contributed by atoms with Crippen molar-refractivity contribution in [3.05, 3.63) is 11.8 Å². The molecule has 16 heavy (non-hydrogen) atoms. The molecule has 0 saturated carbocycles. The standard InChI is InChI=1S/C11H19NO4/c1-3-4-7-16-11(15)12-8-9(2)5-6-10(13)14/h8H,3-7H2,1-2H3,(H,12,15)(H,13,14). The van der Waals surface area contributed by atoms with Crippen LogP contribution in [0.2, 0.25) is 0 Å². The lowest BCUT2D eigenvalue weighted by Crippen LogP contribution is -2.19. The van der Waals surface area contributed by atoms with Gasteiger partial charge in [0.25, 0.3) is 0 Å². The maximum absolute atomic E-state index is 11.1. The van der Waals surface area contributed by atoms with E-state index in [1.165, 1.54) is 6.20 Å². The zero-order valence-electron chi connectivity index (χ0n) is 9.78. The third-order valence-corrected chi connectivity index (χ3v) is 1.90. The maximum atomic E-state index is 11.1. The van der Waals surface area contributed by atoms with Gasteiger partial charge in [0.1, 0.15) is 0 Å². The van der Waals surface area contributed by atoms with Crippen LogP contribution in [0, 0.1) is 0 Å². The molecule has 2 N–H and O–H groups in total. The summed E-state index contributed by atoms with van der Waals surface area (Å²) < 4.78 is 4.85. The van der Waals surface area contributed by atoms with Crippen molar-refractivity contribution in [3.63, 3.8) is 0 Å². The molecule has 0 rings (SSSR count). The van der Waals surface area contributed by atoms with Crippen LogP contribution in [0.1, 0.15) is 39.5 Å². The van der Waals surface area contributed by atoms with E-state index in [0.29, 0.717) is 13.0 Å². The molecular formula is C11H19NO4. The van der Waals surface area contributed by atoms with Crippen LogP contribution in [-0.2, 0) is 9.53 Å². The summed E-state index contributed by atoms with van der Waals surface area (Å²) in [6.07, 6.45) is 3.29. The molecule has 0 heterocycles. The summed E-state index contributed by atoms with van der Waals surface area (Å²) in [6, 6.07) is 0. The van der Waals surface area contributed by atoms with E-state index in [9.17, 15) is 9.59 Å². The quantitative estimate of drug-likeness (QED) is 0.657. The van der Waals surface area contributed by atoms with Crippen LogP contribution in [0.5, 0.6) is 0 Å². The smallest absolute Gasteiger partial charge is 0.411 e. The fourth-order valence-electron chi connectivity index (χ4n) is 0.909. The second-order valence-electron chi connectivity index (χ2n) is 3.52. The highest BCUT2D eigenvalue weighted by Gasteiger charge is 2.00. The summed E-state index contributed by atoms with van der Waals surface area (Å²) in [7, 11) is 0. The number of carboxylic acid groups (broad SMARTS) is 1. The number of carbonyl (C=O) groups is 2. The highest BCUT2D eigenvalue weighted by atomic mass is 16.5. The number of alkyl carbamates (subject to hydrolysis) is 1. The molecule has 0 aromatic heterocycles. The lowest BCUT2D eigenvalue weighted by Gasteiger charge is -2.04. The van der Waals surface area contributed by atoms with Crippen molar-refractivity contribution in [1.29, 1.82) is 0 Å². The molecule has 0 aliphatic rings. The van der Waals surface area contributed by atoms with Crippen LogP contribution < -0.4 is 5.32 Å². The maximum Gasteiger partial charge on any atom is 0.411 e. The molecule has 0 atom stereocenters. The van der Waals surface area contributed by atoms with E-state index in [-0.39, 0.29) is 6.42 Å². The number of carboxylic acids is 1. The Morgan fingerprint density at radius 3 is 2.62 bits per heavy atom. The summed E-state index contributed by atoms with van der Waals surface area (Å²) >= 11 is 0. The Labute approximate surface area is 95.5 Å². The number of amides is 1. The summed E-state index contributed by atoms with van der Waals surface area (Å²) in [5, 5.41) is 10.9. The van der Waals surface area contributed by atoms with Crippen molar-refractivity contribution in [2.75, 3.05) is 6.61 Å². The first-order valence-corrected chi connectivity index (χ1v) is 5.37. The van der Waals surface area contributed by atoms with Gasteiger partial charge in [-0.15, -0.1) is 0 Å². The predicted octanol–water partition coefficient (Wildman–Crippen LogP) is 2.28. The van der Waals surface area contributed by atoms with Crippen molar-refractivity contribution in [3.8, 4) is 0 Å². The summed E-state index contributed by atoms with van der Waals surface area (Å²) in [5.74, 6) is -0.849. The number of hydrogen-bond acceptors (Lipinski definition) is 3. The van der Waals surface area contributed by atoms with Gasteiger partial charge in [0.2, 0.25) is 0 Å². The monoisotopic (exact) mass is 229 g/mol. The first kappa shape index (κ1) is 14.5. The van der Waals surface area contributed by atoms with Crippen LogP contribution in [0.15, 0.2) is 11.8 Å². The van der Waals surface area contributed by atoms with Gasteiger partial charge in [0.15, 0.2) is 0 Å². The Hall–Kier alpha value is -1.52. The van der Waals surface area contributed by atoms with E-state index in [1.807, 2.05) is 6.92 Å². The number of hydrogen-bond donors (Lipinski definition) is 2. The lowest BCUT2D eigenvalue weighted by atomic mass is 10.2. The highest BCUT2D eigenvalue weighted by Crippen LogP contribution is 2.02. The number of allylic oxidation sites excluding steroid dienone is 1. The van der Waals surface area contributed by atoms with Gasteiger partial charge in [0.05, 0.1) is 6.61 Å². The van der Waals surface area contributed by atoms with Crippen molar-refractivity contribution in [2.24, 2.45) is 0 Å². The Kier molecular flexibility index (Phi) is 7.93.